The van der Waals surface area contributed by atoms with Gasteiger partial charge in [-0.2, -0.15) is 0 Å². The van der Waals surface area contributed by atoms with Crippen LogP contribution >= 0.6 is 7.26 Å². The maximum atomic E-state index is 14.3. The third-order valence-electron chi connectivity index (χ3n) is 13.4. The van der Waals surface area contributed by atoms with Crippen LogP contribution in [-0.2, 0) is 14.3 Å². The lowest BCUT2D eigenvalue weighted by Crippen LogP contribution is -3.00. The lowest BCUT2D eigenvalue weighted by molar-refractivity contribution is -0.184. The van der Waals surface area contributed by atoms with Crippen molar-refractivity contribution >= 4 is 34.9 Å². The molecule has 248 valence electrons. The fourth-order valence-corrected chi connectivity index (χ4v) is 15.6. The summed E-state index contributed by atoms with van der Waals surface area (Å²) < 4.78 is 6.34. The second-order valence-electron chi connectivity index (χ2n) is 15.7. The minimum atomic E-state index is -1.96. The normalized spacial score (nSPS) is 32.9. The summed E-state index contributed by atoms with van der Waals surface area (Å²) in [6.45, 7) is 11.7. The van der Waals surface area contributed by atoms with Gasteiger partial charge in [-0.3, -0.25) is 9.59 Å². The first-order valence-electron chi connectivity index (χ1n) is 17.6. The van der Waals surface area contributed by atoms with E-state index in [4.69, 9.17) is 4.74 Å². The quantitative estimate of drug-likeness (QED) is 0.101. The zero-order valence-corrected chi connectivity index (χ0v) is 31.4. The molecule has 7 rings (SSSR count). The molecule has 6 atom stereocenters. The van der Waals surface area contributed by atoms with Crippen LogP contribution in [0.25, 0.3) is 0 Å². The van der Waals surface area contributed by atoms with Crippen LogP contribution in [0.2, 0.25) is 0 Å². The number of Topliss-reactive ketones (excluding diaryl/α,β-unsaturated/α-hetero) is 1. The van der Waals surface area contributed by atoms with Gasteiger partial charge < -0.3 is 28.7 Å². The predicted molar refractivity (Wildman–Crippen MR) is 190 cm³/mol. The Morgan fingerprint density at radius 2 is 1.32 bits per heavy atom. The largest absolute Gasteiger partial charge is 1.00 e. The van der Waals surface area contributed by atoms with E-state index in [1.54, 1.807) is 0 Å². The molecule has 4 fully saturated rings. The predicted octanol–water partition coefficient (Wildman–Crippen LogP) is 5.46. The van der Waals surface area contributed by atoms with Gasteiger partial charge in [0.05, 0.1) is 18.2 Å². The van der Waals surface area contributed by atoms with Crippen molar-refractivity contribution in [3.63, 3.8) is 0 Å². The molecular formula is C42H50IO3P. The van der Waals surface area contributed by atoms with E-state index < -0.39 is 12.7 Å². The molecule has 0 N–H and O–H groups in total. The first-order chi connectivity index (χ1) is 22.1. The van der Waals surface area contributed by atoms with Gasteiger partial charge in [0, 0.05) is 17.3 Å². The van der Waals surface area contributed by atoms with Gasteiger partial charge in [-0.1, -0.05) is 81.4 Å². The second kappa shape index (κ2) is 12.9. The molecule has 3 aromatic carbocycles. The Labute approximate surface area is 299 Å². The Morgan fingerprint density at radius 1 is 0.787 bits per heavy atom. The van der Waals surface area contributed by atoms with Gasteiger partial charge in [0.2, 0.25) is 0 Å². The first-order valence-corrected chi connectivity index (χ1v) is 19.5. The third kappa shape index (κ3) is 5.30. The number of hydrogen-bond donors (Lipinski definition) is 0. The second-order valence-corrected chi connectivity index (χ2v) is 19.3. The minimum Gasteiger partial charge on any atom is -1.00 e. The molecular weight excluding hydrogens is 710 g/mol. The number of ether oxygens (including phenoxy) is 1. The number of carbonyl (C=O) groups excluding carboxylic acids is 2. The van der Waals surface area contributed by atoms with Crippen LogP contribution in [0.5, 0.6) is 0 Å². The Balaban J connectivity index is 0.00000386. The van der Waals surface area contributed by atoms with Gasteiger partial charge in [0.25, 0.3) is 0 Å². The zero-order chi connectivity index (χ0) is 32.2. The minimum absolute atomic E-state index is 0. The van der Waals surface area contributed by atoms with Gasteiger partial charge in [0.15, 0.2) is 5.78 Å². The summed E-state index contributed by atoms with van der Waals surface area (Å²) in [6.07, 6.45) is 9.75. The summed E-state index contributed by atoms with van der Waals surface area (Å²) in [5, 5.41) is 4.08. The maximum absolute atomic E-state index is 14.3. The standard InChI is InChI=1S/C42H50O3P.HI/c1-31-37(43)39(2)26-22-36-40(3)24-14-25-41(4,35(40)23-27-42(31,36)30-39)38(44)45-28-15-29-46(32-16-8-5-9-17-32,33-18-10-6-11-19-33)34-20-12-7-13-21-34;/h5-13,16-21,35-36H,1,14-15,22-30H2,2-4H3;1H/q+1;/p-1/t35-,36-,39-,40+,41+,42-;/m0./s1. The molecule has 1 spiro atoms. The Bertz CT molecular complexity index is 1530. The lowest BCUT2D eigenvalue weighted by Gasteiger charge is -2.63. The summed E-state index contributed by atoms with van der Waals surface area (Å²) >= 11 is 0. The molecule has 3 aromatic rings. The molecule has 4 aliphatic carbocycles. The van der Waals surface area contributed by atoms with Crippen molar-refractivity contribution in [2.45, 2.75) is 78.6 Å². The maximum Gasteiger partial charge on any atom is 0.312 e. The molecule has 0 saturated heterocycles. The molecule has 2 bridgehead atoms. The van der Waals surface area contributed by atoms with E-state index in [9.17, 15) is 9.59 Å². The van der Waals surface area contributed by atoms with Gasteiger partial charge in [0.1, 0.15) is 23.2 Å². The molecule has 3 nitrogen and oxygen atoms in total. The molecule has 4 saturated carbocycles. The number of benzene rings is 3. The summed E-state index contributed by atoms with van der Waals surface area (Å²) in [7, 11) is -1.96. The van der Waals surface area contributed by atoms with Crippen LogP contribution < -0.4 is 39.9 Å². The van der Waals surface area contributed by atoms with Crippen molar-refractivity contribution in [2.24, 2.45) is 33.5 Å². The van der Waals surface area contributed by atoms with Crippen molar-refractivity contribution in [1.29, 1.82) is 0 Å². The molecule has 47 heavy (non-hydrogen) atoms. The lowest BCUT2D eigenvalue weighted by atomic mass is 9.40. The van der Waals surface area contributed by atoms with Crippen molar-refractivity contribution in [3.8, 4) is 0 Å². The van der Waals surface area contributed by atoms with Gasteiger partial charge in [-0.05, 0) is 111 Å². The summed E-state index contributed by atoms with van der Waals surface area (Å²) in [5.41, 5.74) is 0.119. The van der Waals surface area contributed by atoms with Crippen LogP contribution in [-0.4, -0.2) is 24.5 Å². The highest BCUT2D eigenvalue weighted by molar-refractivity contribution is 7.95. The van der Waals surface area contributed by atoms with Crippen LogP contribution in [0, 0.1) is 33.5 Å². The summed E-state index contributed by atoms with van der Waals surface area (Å²) in [4.78, 5) is 27.6. The Morgan fingerprint density at radius 3 is 1.87 bits per heavy atom. The average molecular weight is 761 g/mol. The molecule has 0 aromatic heterocycles. The molecule has 0 radical (unpaired) electrons. The number of carbonyl (C=O) groups is 2. The van der Waals surface area contributed by atoms with Crippen molar-refractivity contribution < 1.29 is 38.3 Å². The van der Waals surface area contributed by atoms with E-state index in [2.05, 4.69) is 118 Å². The highest BCUT2D eigenvalue weighted by atomic mass is 127. The summed E-state index contributed by atoms with van der Waals surface area (Å²) in [5.74, 6) is 1.00. The number of allylic oxidation sites excluding steroid dienone is 1. The SMILES string of the molecule is C=C1C(=O)[C@@]2(C)CC[C@@H]3[C@@]1(CC[C@H]1[C@@]3(C)CCC[C@@]1(C)C(=O)OCCC[P+](c1ccccc1)(c1ccccc1)c1ccccc1)C2.[I-]. The van der Waals surface area contributed by atoms with Crippen molar-refractivity contribution in [3.05, 3.63) is 103 Å². The van der Waals surface area contributed by atoms with E-state index in [-0.39, 0.29) is 52.1 Å². The van der Waals surface area contributed by atoms with Gasteiger partial charge in [-0.25, -0.2) is 0 Å². The highest BCUT2D eigenvalue weighted by Gasteiger charge is 2.69. The van der Waals surface area contributed by atoms with E-state index in [0.29, 0.717) is 18.3 Å². The monoisotopic (exact) mass is 760 g/mol. The molecule has 0 amide bonds. The van der Waals surface area contributed by atoms with Crippen molar-refractivity contribution in [2.75, 3.05) is 12.8 Å². The smallest absolute Gasteiger partial charge is 0.312 e. The van der Waals surface area contributed by atoms with E-state index in [0.717, 1.165) is 69.5 Å². The number of halogens is 1. The number of esters is 1. The average Bonchev–Trinajstić information content (AvgIpc) is 3.21. The number of hydrogen-bond acceptors (Lipinski definition) is 3. The van der Waals surface area contributed by atoms with E-state index in [1.165, 1.54) is 15.9 Å². The number of rotatable bonds is 8. The Kier molecular flexibility index (Phi) is 9.46. The van der Waals surface area contributed by atoms with Crippen LogP contribution in [0.4, 0.5) is 0 Å². The molecule has 0 unspecified atom stereocenters. The molecule has 0 heterocycles. The fourth-order valence-electron chi connectivity index (χ4n) is 11.3. The first kappa shape index (κ1) is 34.6. The number of ketones is 1. The number of fused-ring (bicyclic) bond motifs is 3. The topological polar surface area (TPSA) is 43.4 Å². The fraction of sp³-hybridized carbons (Fsp3) is 0.476. The van der Waals surface area contributed by atoms with Gasteiger partial charge >= 0.3 is 5.97 Å². The summed E-state index contributed by atoms with van der Waals surface area (Å²) in [6, 6.07) is 32.8. The van der Waals surface area contributed by atoms with E-state index >= 15 is 0 Å². The van der Waals surface area contributed by atoms with E-state index in [1.807, 2.05) is 0 Å². The molecule has 0 aliphatic heterocycles. The molecule has 5 heteroatoms. The van der Waals surface area contributed by atoms with Crippen LogP contribution in [0.1, 0.15) is 78.6 Å². The Hall–Kier alpha value is -2.30. The third-order valence-corrected chi connectivity index (χ3v) is 17.9. The molecule has 4 aliphatic rings. The van der Waals surface area contributed by atoms with Crippen LogP contribution in [0.3, 0.4) is 0 Å². The van der Waals surface area contributed by atoms with Crippen molar-refractivity contribution in [1.82, 2.24) is 0 Å². The highest BCUT2D eigenvalue weighted by Crippen LogP contribution is 2.74. The zero-order valence-electron chi connectivity index (χ0n) is 28.4. The van der Waals surface area contributed by atoms with Crippen LogP contribution in [0.15, 0.2) is 103 Å². The van der Waals surface area contributed by atoms with Gasteiger partial charge in [-0.15, -0.1) is 0 Å².